The van der Waals surface area contributed by atoms with Gasteiger partial charge in [-0.15, -0.1) is 0 Å². The minimum atomic E-state index is -1.02. The lowest BCUT2D eigenvalue weighted by atomic mass is 9.84. The van der Waals surface area contributed by atoms with Crippen molar-refractivity contribution in [3.05, 3.63) is 35.4 Å². The van der Waals surface area contributed by atoms with Gasteiger partial charge in [0.15, 0.2) is 0 Å². The fourth-order valence-corrected chi connectivity index (χ4v) is 4.24. The zero-order valence-corrected chi connectivity index (χ0v) is 18.3. The van der Waals surface area contributed by atoms with Gasteiger partial charge in [-0.1, -0.05) is 24.3 Å². The van der Waals surface area contributed by atoms with Crippen LogP contribution in [0.25, 0.3) is 0 Å². The predicted octanol–water partition coefficient (Wildman–Crippen LogP) is 1.38. The maximum Gasteiger partial charge on any atom is 0.329 e. The van der Waals surface area contributed by atoms with Crippen LogP contribution in [0, 0.1) is 0 Å². The Morgan fingerprint density at radius 3 is 2.62 bits per heavy atom. The molecule has 2 fully saturated rings. The summed E-state index contributed by atoms with van der Waals surface area (Å²) >= 11 is 0. The molecule has 10 heteroatoms. The number of hydrogen-bond acceptors (Lipinski definition) is 8. The Bertz CT molecular complexity index is 792. The molecular weight excluding hydrogens is 416 g/mol. The average Bonchev–Trinajstić information content (AvgIpc) is 3.22. The van der Waals surface area contributed by atoms with Crippen molar-refractivity contribution in [3.8, 4) is 0 Å². The molecule has 2 aliphatic heterocycles. The summed E-state index contributed by atoms with van der Waals surface area (Å²) < 4.78 is 5.85. The minimum Gasteiger partial charge on any atom is -0.480 e. The largest absolute Gasteiger partial charge is 0.480 e. The number of likely N-dealkylation sites (tertiary alicyclic amines) is 1. The van der Waals surface area contributed by atoms with Crippen molar-refractivity contribution in [2.24, 2.45) is 5.10 Å². The average molecular weight is 449 g/mol. The van der Waals surface area contributed by atoms with Crippen molar-refractivity contribution in [1.29, 1.82) is 0 Å². The van der Waals surface area contributed by atoms with Gasteiger partial charge in [-0.2, -0.15) is 10.6 Å². The van der Waals surface area contributed by atoms with Crippen molar-refractivity contribution >= 4 is 18.2 Å². The summed E-state index contributed by atoms with van der Waals surface area (Å²) in [5.74, 6) is -1.88. The molecule has 0 aromatic heterocycles. The summed E-state index contributed by atoms with van der Waals surface area (Å²) in [7, 11) is 0. The molecule has 0 bridgehead atoms. The van der Waals surface area contributed by atoms with Gasteiger partial charge in [0, 0.05) is 26.1 Å². The molecule has 176 valence electrons. The van der Waals surface area contributed by atoms with E-state index in [9.17, 15) is 9.59 Å². The topological polar surface area (TPSA) is 133 Å². The van der Waals surface area contributed by atoms with E-state index in [0.717, 1.165) is 24.1 Å². The molecule has 0 saturated carbocycles. The number of carboxylic acids is 2. The van der Waals surface area contributed by atoms with Gasteiger partial charge in [0.25, 0.3) is 0 Å². The Balaban J connectivity index is 1.58. The lowest BCUT2D eigenvalue weighted by Gasteiger charge is -2.42. The fourth-order valence-electron chi connectivity index (χ4n) is 4.24. The SMILES string of the molecule is CCNN=Cc1ccc(C2CC(CC3(OCC(=O)O)CCN(CC(=O)O)CC3)ON2)cc1. The highest BCUT2D eigenvalue weighted by Gasteiger charge is 2.41. The molecule has 2 heterocycles. The first-order valence-electron chi connectivity index (χ1n) is 11.0. The molecule has 2 saturated heterocycles. The maximum atomic E-state index is 11.1. The van der Waals surface area contributed by atoms with Gasteiger partial charge >= 0.3 is 11.9 Å². The van der Waals surface area contributed by atoms with E-state index in [0.29, 0.717) is 32.4 Å². The zero-order chi connectivity index (χ0) is 23.0. The van der Waals surface area contributed by atoms with E-state index < -0.39 is 17.5 Å². The van der Waals surface area contributed by atoms with Crippen LogP contribution < -0.4 is 10.9 Å². The lowest BCUT2D eigenvalue weighted by Crippen LogP contribution is -2.49. The number of hydrazone groups is 1. The van der Waals surface area contributed by atoms with Crippen molar-refractivity contribution in [2.75, 3.05) is 32.8 Å². The molecular formula is C22H32N4O6. The quantitative estimate of drug-likeness (QED) is 0.293. The number of nitrogens with one attached hydrogen (secondary N) is 2. The first-order chi connectivity index (χ1) is 15.4. The van der Waals surface area contributed by atoms with Crippen molar-refractivity contribution in [1.82, 2.24) is 15.8 Å². The van der Waals surface area contributed by atoms with E-state index in [4.69, 9.17) is 19.8 Å². The summed E-state index contributed by atoms with van der Waals surface area (Å²) in [6.07, 6.45) is 4.07. The summed E-state index contributed by atoms with van der Waals surface area (Å²) in [6, 6.07) is 8.11. The number of nitrogens with zero attached hydrogens (tertiary/aromatic N) is 2. The normalized spacial score (nSPS) is 23.4. The Labute approximate surface area is 187 Å². The van der Waals surface area contributed by atoms with Crippen LogP contribution in [0.15, 0.2) is 29.4 Å². The molecule has 3 rings (SSSR count). The number of carboxylic acid groups (broad SMARTS) is 2. The second kappa shape index (κ2) is 11.4. The second-order valence-electron chi connectivity index (χ2n) is 8.32. The van der Waals surface area contributed by atoms with E-state index in [1.54, 1.807) is 6.21 Å². The summed E-state index contributed by atoms with van der Waals surface area (Å²) in [6.45, 7) is 3.45. The van der Waals surface area contributed by atoms with Crippen LogP contribution in [0.5, 0.6) is 0 Å². The highest BCUT2D eigenvalue weighted by atomic mass is 16.7. The number of benzene rings is 1. The standard InChI is InChI=1S/C22H32N4O6/c1-2-23-24-13-16-3-5-17(6-4-16)19-11-18(32-25-19)12-22(31-15-21(29)30)7-9-26(10-8-22)14-20(27)28/h3-6,13,18-19,23,25H,2,7-12,14-15H2,1H3,(H,27,28)(H,29,30). The number of carbonyl (C=O) groups is 2. The molecule has 2 unspecified atom stereocenters. The van der Waals surface area contributed by atoms with Crippen LogP contribution in [0.1, 0.15) is 49.8 Å². The molecule has 0 aliphatic carbocycles. The van der Waals surface area contributed by atoms with Gasteiger partial charge in [0.2, 0.25) is 0 Å². The van der Waals surface area contributed by atoms with Crippen molar-refractivity contribution in [2.45, 2.75) is 50.4 Å². The molecule has 0 amide bonds. The number of rotatable bonds is 11. The third kappa shape index (κ3) is 6.99. The highest BCUT2D eigenvalue weighted by molar-refractivity contribution is 5.79. The van der Waals surface area contributed by atoms with Crippen LogP contribution >= 0.6 is 0 Å². The number of piperidine rings is 1. The maximum absolute atomic E-state index is 11.1. The van der Waals surface area contributed by atoms with Gasteiger partial charge in [0.1, 0.15) is 6.61 Å². The van der Waals surface area contributed by atoms with Gasteiger partial charge in [-0.05, 0) is 37.3 Å². The van der Waals surface area contributed by atoms with E-state index in [1.165, 1.54) is 0 Å². The zero-order valence-electron chi connectivity index (χ0n) is 18.3. The van der Waals surface area contributed by atoms with Gasteiger partial charge in [-0.3, -0.25) is 14.5 Å². The fraction of sp³-hybridized carbons (Fsp3) is 0.591. The van der Waals surface area contributed by atoms with Gasteiger partial charge < -0.3 is 20.4 Å². The molecule has 0 spiro atoms. The van der Waals surface area contributed by atoms with E-state index >= 15 is 0 Å². The molecule has 0 radical (unpaired) electrons. The van der Waals surface area contributed by atoms with Crippen LogP contribution in [-0.2, 0) is 19.2 Å². The summed E-state index contributed by atoms with van der Waals surface area (Å²) in [4.78, 5) is 29.8. The van der Waals surface area contributed by atoms with Crippen molar-refractivity contribution < 1.29 is 29.4 Å². The minimum absolute atomic E-state index is 0.0201. The Morgan fingerprint density at radius 1 is 1.28 bits per heavy atom. The number of hydroxylamine groups is 1. The van der Waals surface area contributed by atoms with Gasteiger partial charge in [-0.25, -0.2) is 4.79 Å². The smallest absolute Gasteiger partial charge is 0.329 e. The van der Waals surface area contributed by atoms with Crippen LogP contribution in [-0.4, -0.2) is 77.8 Å². The molecule has 1 aromatic rings. The third-order valence-electron chi connectivity index (χ3n) is 5.91. The first kappa shape index (κ1) is 24.1. The van der Waals surface area contributed by atoms with Crippen LogP contribution in [0.4, 0.5) is 0 Å². The Kier molecular flexibility index (Phi) is 8.57. The molecule has 2 aliphatic rings. The molecule has 10 nitrogen and oxygen atoms in total. The number of hydrogen-bond donors (Lipinski definition) is 4. The summed E-state index contributed by atoms with van der Waals surface area (Å²) in [5, 5.41) is 22.2. The van der Waals surface area contributed by atoms with Crippen LogP contribution in [0.3, 0.4) is 0 Å². The Morgan fingerprint density at radius 2 is 2.00 bits per heavy atom. The first-order valence-corrected chi connectivity index (χ1v) is 11.0. The van der Waals surface area contributed by atoms with E-state index in [1.807, 2.05) is 36.1 Å². The highest BCUT2D eigenvalue weighted by Crippen LogP contribution is 2.36. The molecule has 4 N–H and O–H groups in total. The molecule has 1 aromatic carbocycles. The molecule has 2 atom stereocenters. The van der Waals surface area contributed by atoms with Gasteiger partial charge in [0.05, 0.1) is 30.5 Å². The van der Waals surface area contributed by atoms with Crippen LogP contribution in [0.2, 0.25) is 0 Å². The van der Waals surface area contributed by atoms with E-state index in [2.05, 4.69) is 16.0 Å². The van der Waals surface area contributed by atoms with E-state index in [-0.39, 0.29) is 25.3 Å². The van der Waals surface area contributed by atoms with Crippen molar-refractivity contribution in [3.63, 3.8) is 0 Å². The number of ether oxygens (including phenoxy) is 1. The third-order valence-corrected chi connectivity index (χ3v) is 5.91. The monoisotopic (exact) mass is 448 g/mol. The molecule has 32 heavy (non-hydrogen) atoms. The lowest BCUT2D eigenvalue weighted by molar-refractivity contribution is -0.159. The Hall–Kier alpha value is -2.53. The second-order valence-corrected chi connectivity index (χ2v) is 8.32. The summed E-state index contributed by atoms with van der Waals surface area (Å²) in [5.41, 5.74) is 7.46. The number of aliphatic carboxylic acids is 2. The predicted molar refractivity (Wildman–Crippen MR) is 117 cm³/mol.